The van der Waals surface area contributed by atoms with Crippen LogP contribution in [0.4, 0.5) is 0 Å². The van der Waals surface area contributed by atoms with Crippen molar-refractivity contribution >= 4 is 31.1 Å². The summed E-state index contributed by atoms with van der Waals surface area (Å²) in [5.74, 6) is 0.579. The molecule has 100 valence electrons. The summed E-state index contributed by atoms with van der Waals surface area (Å²) in [6.45, 7) is 4.12. The lowest BCUT2D eigenvalue weighted by Gasteiger charge is -1.98. The fourth-order valence-corrected chi connectivity index (χ4v) is 1.86. The topological polar surface area (TPSA) is 63.2 Å². The highest BCUT2D eigenvalue weighted by Gasteiger charge is 2.10. The molecule has 0 spiro atoms. The first kappa shape index (κ1) is 13.9. The summed E-state index contributed by atoms with van der Waals surface area (Å²) < 4.78 is 10.3. The molecule has 20 heavy (non-hydrogen) atoms. The average molecular weight is 267 g/mol. The minimum atomic E-state index is -0.644. The van der Waals surface area contributed by atoms with Gasteiger partial charge in [-0.1, -0.05) is 26.0 Å². The van der Waals surface area contributed by atoms with Crippen molar-refractivity contribution in [3.05, 3.63) is 41.2 Å². The van der Waals surface area contributed by atoms with Crippen molar-refractivity contribution in [1.29, 1.82) is 5.26 Å². The molecule has 0 unspecified atom stereocenters. The quantitative estimate of drug-likeness (QED) is 0.487. The Morgan fingerprint density at radius 3 is 2.80 bits per heavy atom. The first-order valence-corrected chi connectivity index (χ1v) is 6.28. The maximum atomic E-state index is 11.4. The molecule has 0 aliphatic heterocycles. The lowest BCUT2D eigenvalue weighted by molar-refractivity contribution is -0.129. The molecule has 0 aliphatic rings. The maximum Gasteiger partial charge on any atom is 0.330 e. The number of hydrogen-bond donors (Lipinski definition) is 0. The average Bonchev–Trinajstić information content (AvgIpc) is 2.87. The van der Waals surface area contributed by atoms with E-state index in [1.165, 1.54) is 14.1 Å². The molecule has 1 aromatic carbocycles. The zero-order valence-corrected chi connectivity index (χ0v) is 11.6. The van der Waals surface area contributed by atoms with Gasteiger partial charge in [0.15, 0.2) is 0 Å². The number of benzene rings is 1. The molecule has 0 N–H and O–H groups in total. The Hall–Kier alpha value is -2.48. The largest absolute Gasteiger partial charge is 0.539 e. The zero-order chi connectivity index (χ0) is 14.7. The number of nitriles is 1. The van der Waals surface area contributed by atoms with Crippen LogP contribution in [0.15, 0.2) is 34.3 Å². The van der Waals surface area contributed by atoms with E-state index in [4.69, 9.17) is 9.68 Å². The number of carbonyl (C=O) groups excluding carboxylic acids is 1. The van der Waals surface area contributed by atoms with E-state index in [0.717, 1.165) is 22.3 Å². The molecule has 1 heterocycles. The van der Waals surface area contributed by atoms with Gasteiger partial charge in [0.1, 0.15) is 23.0 Å². The molecule has 0 amide bonds. The Labute approximate surface area is 118 Å². The molecular weight excluding hydrogens is 253 g/mol. The van der Waals surface area contributed by atoms with Gasteiger partial charge in [-0.15, -0.1) is 0 Å². The van der Waals surface area contributed by atoms with Crippen molar-refractivity contribution in [2.24, 2.45) is 0 Å². The molecule has 4 nitrogen and oxygen atoms in total. The highest BCUT2D eigenvalue weighted by Crippen LogP contribution is 2.26. The molecule has 0 bridgehead atoms. The van der Waals surface area contributed by atoms with Gasteiger partial charge in [-0.05, 0) is 23.8 Å². The normalized spacial score (nSPS) is 11.6. The summed E-state index contributed by atoms with van der Waals surface area (Å²) in [4.78, 5) is 11.4. The van der Waals surface area contributed by atoms with E-state index in [-0.39, 0.29) is 5.57 Å². The first-order chi connectivity index (χ1) is 9.55. The van der Waals surface area contributed by atoms with Crippen molar-refractivity contribution < 1.29 is 13.9 Å². The minimum Gasteiger partial charge on any atom is -0.539 e. The lowest BCUT2D eigenvalue weighted by atomic mass is 10.1. The van der Waals surface area contributed by atoms with Gasteiger partial charge in [0.05, 0.1) is 0 Å². The van der Waals surface area contributed by atoms with Crippen LogP contribution in [0.5, 0.6) is 0 Å². The van der Waals surface area contributed by atoms with E-state index in [0.29, 0.717) is 5.92 Å². The van der Waals surface area contributed by atoms with E-state index >= 15 is 0 Å². The van der Waals surface area contributed by atoms with Crippen molar-refractivity contribution in [2.75, 3.05) is 0 Å². The number of rotatable bonds is 3. The van der Waals surface area contributed by atoms with Crippen LogP contribution < -0.4 is 0 Å². The number of hydrogen-bond acceptors (Lipinski definition) is 4. The van der Waals surface area contributed by atoms with E-state index < -0.39 is 5.97 Å². The Balaban J connectivity index is 2.44. The molecule has 0 saturated heterocycles. The summed E-state index contributed by atoms with van der Waals surface area (Å²) in [5, 5.41) is 9.94. The van der Waals surface area contributed by atoms with Crippen LogP contribution >= 0.6 is 0 Å². The maximum absolute atomic E-state index is 11.4. The fraction of sp³-hybridized carbons (Fsp3) is 0.200. The fourth-order valence-electron chi connectivity index (χ4n) is 1.86. The van der Waals surface area contributed by atoms with Gasteiger partial charge < -0.3 is 9.07 Å². The summed E-state index contributed by atoms with van der Waals surface area (Å²) in [5.41, 5.74) is 1.43. The molecule has 0 aliphatic carbocycles. The molecule has 0 atom stereocenters. The Kier molecular flexibility index (Phi) is 3.95. The van der Waals surface area contributed by atoms with E-state index in [2.05, 4.69) is 18.5 Å². The second-order valence-corrected chi connectivity index (χ2v) is 4.76. The second kappa shape index (κ2) is 5.66. The highest BCUT2D eigenvalue weighted by atomic mass is 16.5. The van der Waals surface area contributed by atoms with E-state index in [9.17, 15) is 4.79 Å². The van der Waals surface area contributed by atoms with Crippen LogP contribution in [0.25, 0.3) is 17.0 Å². The Morgan fingerprint density at radius 2 is 2.20 bits per heavy atom. The van der Waals surface area contributed by atoms with Crippen LogP contribution in [-0.4, -0.2) is 14.0 Å². The highest BCUT2D eigenvalue weighted by molar-refractivity contribution is 6.11. The van der Waals surface area contributed by atoms with Crippen molar-refractivity contribution in [3.63, 3.8) is 0 Å². The van der Waals surface area contributed by atoms with Crippen LogP contribution in [0.3, 0.4) is 0 Å². The zero-order valence-electron chi connectivity index (χ0n) is 11.6. The molecule has 2 rings (SSSR count). The minimum absolute atomic E-state index is 0.0394. The summed E-state index contributed by atoms with van der Waals surface area (Å²) in [6, 6.07) is 9.38. The van der Waals surface area contributed by atoms with Gasteiger partial charge >= 0.3 is 14.0 Å². The van der Waals surface area contributed by atoms with Gasteiger partial charge in [0, 0.05) is 11.3 Å². The Morgan fingerprint density at radius 1 is 1.45 bits per heavy atom. The predicted molar refractivity (Wildman–Crippen MR) is 78.5 cm³/mol. The molecule has 0 fully saturated rings. The third kappa shape index (κ3) is 2.75. The van der Waals surface area contributed by atoms with Gasteiger partial charge in [0.2, 0.25) is 0 Å². The number of fused-ring (bicyclic) bond motifs is 1. The third-order valence-electron chi connectivity index (χ3n) is 2.97. The van der Waals surface area contributed by atoms with Gasteiger partial charge in [-0.3, -0.25) is 0 Å². The Bertz CT molecular complexity index is 722. The molecule has 0 saturated carbocycles. The molecule has 1 aromatic heterocycles. The molecule has 5 heteroatoms. The smallest absolute Gasteiger partial charge is 0.330 e. The standard InChI is InChI=1S/C15H14BNO3/c1-9(2)13-7-11-4-3-10(6-14(11)19-13)5-12(8-17)15(18)20-16/h3-7,9H,16H2,1-2H3/b12-5-. The van der Waals surface area contributed by atoms with E-state index in [1.54, 1.807) is 0 Å². The number of furan rings is 1. The van der Waals surface area contributed by atoms with Gasteiger partial charge in [0.25, 0.3) is 0 Å². The van der Waals surface area contributed by atoms with E-state index in [1.807, 2.05) is 30.3 Å². The van der Waals surface area contributed by atoms with Crippen LogP contribution in [0.1, 0.15) is 31.1 Å². The van der Waals surface area contributed by atoms with Crippen LogP contribution in [-0.2, 0) is 9.45 Å². The van der Waals surface area contributed by atoms with Gasteiger partial charge in [-0.2, -0.15) is 5.26 Å². The SMILES string of the molecule is BOC(=O)/C(C#N)=C\c1ccc2cc(C(C)C)oc2c1. The monoisotopic (exact) mass is 267 g/mol. The molecular formula is C15H14BNO3. The molecule has 0 radical (unpaired) electrons. The lowest BCUT2D eigenvalue weighted by Crippen LogP contribution is -2.03. The van der Waals surface area contributed by atoms with Crippen LogP contribution in [0, 0.1) is 11.3 Å². The molecule has 2 aromatic rings. The summed E-state index contributed by atoms with van der Waals surface area (Å²) >= 11 is 0. The summed E-state index contributed by atoms with van der Waals surface area (Å²) in [6.07, 6.45) is 1.49. The summed E-state index contributed by atoms with van der Waals surface area (Å²) in [7, 11) is 1.25. The predicted octanol–water partition coefficient (Wildman–Crippen LogP) is 2.55. The van der Waals surface area contributed by atoms with Crippen molar-refractivity contribution in [1.82, 2.24) is 0 Å². The second-order valence-electron chi connectivity index (χ2n) is 4.76. The van der Waals surface area contributed by atoms with Gasteiger partial charge in [-0.25, -0.2) is 4.79 Å². The first-order valence-electron chi connectivity index (χ1n) is 6.28. The van der Waals surface area contributed by atoms with Crippen LogP contribution in [0.2, 0.25) is 0 Å². The number of carbonyl (C=O) groups is 1. The van der Waals surface area contributed by atoms with Crippen molar-refractivity contribution in [2.45, 2.75) is 19.8 Å². The third-order valence-corrected chi connectivity index (χ3v) is 2.97. The number of nitrogens with zero attached hydrogens (tertiary/aromatic N) is 1. The van der Waals surface area contributed by atoms with Crippen molar-refractivity contribution in [3.8, 4) is 6.07 Å².